The number of rotatable bonds is 0. The van der Waals surface area contributed by atoms with E-state index >= 15 is 0 Å². The fourth-order valence-electron chi connectivity index (χ4n) is 1.09. The maximum Gasteiger partial charge on any atom is 4.00 e. The van der Waals surface area contributed by atoms with Crippen LogP contribution in [0.1, 0.15) is 26.3 Å². The molecule has 18 heavy (non-hydrogen) atoms. The number of allylic oxidation sites excluding steroid dienone is 5. The summed E-state index contributed by atoms with van der Waals surface area (Å²) in [6, 6.07) is 2.06. The molecule has 4 heteroatoms. The Morgan fingerprint density at radius 3 is 2.00 bits per heavy atom. The molecule has 0 fully saturated rings. The Morgan fingerprint density at radius 2 is 1.83 bits per heavy atom. The van der Waals surface area contributed by atoms with Gasteiger partial charge in [0.05, 0.1) is 0 Å². The zero-order valence-corrected chi connectivity index (χ0v) is 13.9. The first-order valence-corrected chi connectivity index (χ1v) is 5.01. The molecule has 0 bridgehead atoms. The molecular formula is C14H17Cl2NTi. The largest absolute Gasteiger partial charge is 4.00 e. The van der Waals surface area contributed by atoms with E-state index in [-0.39, 0.29) is 51.9 Å². The van der Waals surface area contributed by atoms with Gasteiger partial charge in [-0.3, -0.25) is 0 Å². The third-order valence-electron chi connectivity index (χ3n) is 2.01. The fraction of sp³-hybridized carbons (Fsp3) is 0.286. The Labute approximate surface area is 138 Å². The Balaban J connectivity index is -0.000000225. The SMILES string of the molecule is C=C1[C-]=CC=C1.CC(C)(C)c1[c-][nH]cc1.[Cl-].[Cl-].[Ti+4]. The van der Waals surface area contributed by atoms with E-state index in [4.69, 9.17) is 0 Å². The molecule has 0 unspecified atom stereocenters. The fourth-order valence-corrected chi connectivity index (χ4v) is 1.09. The molecular weight excluding hydrogens is 301 g/mol. The number of hydrogen-bond acceptors (Lipinski definition) is 0. The van der Waals surface area contributed by atoms with Gasteiger partial charge in [-0.05, 0) is 5.41 Å². The first-order valence-electron chi connectivity index (χ1n) is 5.01. The molecule has 1 nitrogen and oxygen atoms in total. The number of nitrogens with one attached hydrogen (secondary N) is 1. The minimum atomic E-state index is 0. The molecule has 2 rings (SSSR count). The molecule has 0 radical (unpaired) electrons. The van der Waals surface area contributed by atoms with E-state index < -0.39 is 0 Å². The van der Waals surface area contributed by atoms with E-state index in [2.05, 4.69) is 50.7 Å². The molecule has 0 amide bonds. The van der Waals surface area contributed by atoms with Crippen molar-refractivity contribution < 1.29 is 46.5 Å². The van der Waals surface area contributed by atoms with E-state index in [1.165, 1.54) is 5.56 Å². The first-order chi connectivity index (χ1) is 7.00. The van der Waals surface area contributed by atoms with Crippen LogP contribution < -0.4 is 24.8 Å². The summed E-state index contributed by atoms with van der Waals surface area (Å²) in [5.41, 5.74) is 2.44. The number of hydrogen-bond donors (Lipinski definition) is 1. The summed E-state index contributed by atoms with van der Waals surface area (Å²) in [4.78, 5) is 2.91. The van der Waals surface area contributed by atoms with Gasteiger partial charge in [-0.25, -0.2) is 0 Å². The maximum absolute atomic E-state index is 3.62. The van der Waals surface area contributed by atoms with Crippen LogP contribution in [0.4, 0.5) is 0 Å². The van der Waals surface area contributed by atoms with Crippen molar-refractivity contribution in [2.75, 3.05) is 0 Å². The van der Waals surface area contributed by atoms with Crippen LogP contribution in [-0.2, 0) is 27.1 Å². The summed E-state index contributed by atoms with van der Waals surface area (Å²) < 4.78 is 0. The molecule has 0 aromatic carbocycles. The van der Waals surface area contributed by atoms with Crippen molar-refractivity contribution in [1.82, 2.24) is 4.98 Å². The van der Waals surface area contributed by atoms with Crippen molar-refractivity contribution in [2.45, 2.75) is 26.2 Å². The summed E-state index contributed by atoms with van der Waals surface area (Å²) in [5, 5.41) is 0. The van der Waals surface area contributed by atoms with Gasteiger partial charge in [0.15, 0.2) is 0 Å². The number of H-pyrrole nitrogens is 1. The van der Waals surface area contributed by atoms with Crippen molar-refractivity contribution in [3.8, 4) is 0 Å². The maximum atomic E-state index is 3.62. The van der Waals surface area contributed by atoms with Gasteiger partial charge in [0.1, 0.15) is 0 Å². The van der Waals surface area contributed by atoms with E-state index in [0.717, 1.165) is 5.57 Å². The van der Waals surface area contributed by atoms with Gasteiger partial charge in [0, 0.05) is 0 Å². The monoisotopic (exact) mass is 317 g/mol. The van der Waals surface area contributed by atoms with Gasteiger partial charge < -0.3 is 29.8 Å². The molecule has 1 heterocycles. The second-order valence-electron chi connectivity index (χ2n) is 4.46. The van der Waals surface area contributed by atoms with Crippen molar-refractivity contribution in [2.24, 2.45) is 0 Å². The number of aromatic nitrogens is 1. The molecule has 0 saturated heterocycles. The molecule has 0 spiro atoms. The van der Waals surface area contributed by atoms with Crippen molar-refractivity contribution in [3.05, 3.63) is 60.5 Å². The zero-order chi connectivity index (χ0) is 11.3. The summed E-state index contributed by atoms with van der Waals surface area (Å²) in [5.74, 6) is 0. The van der Waals surface area contributed by atoms with Gasteiger partial charge >= 0.3 is 21.7 Å². The quantitative estimate of drug-likeness (QED) is 0.405. The minimum absolute atomic E-state index is 0. The van der Waals surface area contributed by atoms with Crippen LogP contribution in [-0.4, -0.2) is 4.98 Å². The standard InChI is InChI=1S/C8H12N.C6H5.2ClH.Ti/c1-8(2,3)7-4-5-9-6-7;1-6-4-2-3-5-6;;;/h4-5,9H,1-3H3;2-4H,1H2;2*1H;/q2*-1;;;+4/p-2. The average molecular weight is 318 g/mol. The molecule has 1 aliphatic carbocycles. The number of aromatic amines is 1. The van der Waals surface area contributed by atoms with Gasteiger partial charge in [0.2, 0.25) is 0 Å². The summed E-state index contributed by atoms with van der Waals surface area (Å²) in [6.45, 7) is 10.1. The molecule has 0 atom stereocenters. The summed E-state index contributed by atoms with van der Waals surface area (Å²) in [7, 11) is 0. The van der Waals surface area contributed by atoms with E-state index in [9.17, 15) is 0 Å². The Kier molecular flexibility index (Phi) is 13.6. The molecule has 0 saturated carbocycles. The smallest absolute Gasteiger partial charge is 1.00 e. The topological polar surface area (TPSA) is 15.8 Å². The molecule has 1 N–H and O–H groups in total. The van der Waals surface area contributed by atoms with Crippen LogP contribution >= 0.6 is 0 Å². The Hall–Kier alpha value is -0.206. The van der Waals surface area contributed by atoms with Crippen LogP contribution in [0.25, 0.3) is 0 Å². The van der Waals surface area contributed by atoms with Gasteiger partial charge in [-0.1, -0.05) is 20.8 Å². The third-order valence-corrected chi connectivity index (χ3v) is 2.01. The molecule has 96 valence electrons. The van der Waals surface area contributed by atoms with Gasteiger partial charge in [-0.2, -0.15) is 42.6 Å². The normalized spacial score (nSPS) is 11.6. The summed E-state index contributed by atoms with van der Waals surface area (Å²) >= 11 is 0. The Morgan fingerprint density at radius 1 is 1.22 bits per heavy atom. The molecule has 0 aliphatic heterocycles. The summed E-state index contributed by atoms with van der Waals surface area (Å²) in [6.07, 6.45) is 13.5. The van der Waals surface area contributed by atoms with Crippen LogP contribution in [0, 0.1) is 12.3 Å². The molecule has 1 aromatic rings. The van der Waals surface area contributed by atoms with Crippen molar-refractivity contribution >= 4 is 0 Å². The van der Waals surface area contributed by atoms with Crippen LogP contribution in [0.3, 0.4) is 0 Å². The predicted molar refractivity (Wildman–Crippen MR) is 64.4 cm³/mol. The number of halogens is 2. The van der Waals surface area contributed by atoms with Crippen molar-refractivity contribution in [3.63, 3.8) is 0 Å². The first kappa shape index (κ1) is 22.9. The van der Waals surface area contributed by atoms with Gasteiger partial charge in [0.25, 0.3) is 0 Å². The van der Waals surface area contributed by atoms with E-state index in [1.807, 2.05) is 24.4 Å². The van der Waals surface area contributed by atoms with E-state index in [0.29, 0.717) is 0 Å². The molecule has 1 aliphatic rings. The predicted octanol–water partition coefficient (Wildman–Crippen LogP) is -2.41. The third kappa shape index (κ3) is 8.82. The molecule has 1 aromatic heterocycles. The van der Waals surface area contributed by atoms with E-state index in [1.54, 1.807) is 0 Å². The van der Waals surface area contributed by atoms with Crippen molar-refractivity contribution in [1.29, 1.82) is 0 Å². The van der Waals surface area contributed by atoms with Crippen LogP contribution in [0.5, 0.6) is 0 Å². The Bertz CT molecular complexity index is 359. The second-order valence-corrected chi connectivity index (χ2v) is 4.46. The van der Waals surface area contributed by atoms with Crippen LogP contribution in [0.15, 0.2) is 42.6 Å². The average Bonchev–Trinajstić information content (AvgIpc) is 2.73. The minimum Gasteiger partial charge on any atom is -1.00 e. The van der Waals surface area contributed by atoms with Gasteiger partial charge in [-0.15, -0.1) is 17.8 Å². The second kappa shape index (κ2) is 10.7. The van der Waals surface area contributed by atoms with Crippen LogP contribution in [0.2, 0.25) is 0 Å². The zero-order valence-electron chi connectivity index (χ0n) is 10.8.